The first-order chi connectivity index (χ1) is 9.88. The van der Waals surface area contributed by atoms with E-state index in [9.17, 15) is 13.2 Å². The van der Waals surface area contributed by atoms with Gasteiger partial charge in [-0.2, -0.15) is 0 Å². The fourth-order valence-corrected chi connectivity index (χ4v) is 3.80. The maximum atomic E-state index is 12.2. The molecule has 1 aromatic carbocycles. The quantitative estimate of drug-likeness (QED) is 0.898. The molecule has 2 atom stereocenters. The molecule has 116 valence electrons. The summed E-state index contributed by atoms with van der Waals surface area (Å²) in [5.74, 6) is -0.674. The molecule has 0 aliphatic carbocycles. The minimum Gasteiger partial charge on any atom is -0.377 e. The number of anilines is 1. The van der Waals surface area contributed by atoms with Gasteiger partial charge in [0.2, 0.25) is 5.91 Å². The molecule has 1 saturated heterocycles. The van der Waals surface area contributed by atoms with Crippen LogP contribution in [0.3, 0.4) is 0 Å². The van der Waals surface area contributed by atoms with Crippen LogP contribution in [0.25, 0.3) is 0 Å². The zero-order valence-corrected chi connectivity index (χ0v) is 13.3. The molecule has 0 bridgehead atoms. The second-order valence-corrected chi connectivity index (χ2v) is 7.91. The Hall–Kier alpha value is -1.11. The SMILES string of the molecule is C[C@H](C(=O)Nc1cccc(Cl)c1)S(=O)(=O)C[C@@H]1CCCO1. The van der Waals surface area contributed by atoms with Crippen LogP contribution in [0.4, 0.5) is 5.69 Å². The highest BCUT2D eigenvalue weighted by atomic mass is 35.5. The van der Waals surface area contributed by atoms with E-state index in [1.807, 2.05) is 0 Å². The van der Waals surface area contributed by atoms with Crippen molar-refractivity contribution < 1.29 is 17.9 Å². The van der Waals surface area contributed by atoms with Gasteiger partial charge in [0.15, 0.2) is 9.84 Å². The van der Waals surface area contributed by atoms with Crippen molar-refractivity contribution in [3.63, 3.8) is 0 Å². The lowest BCUT2D eigenvalue weighted by atomic mass is 10.3. The first-order valence-electron chi connectivity index (χ1n) is 6.78. The number of amides is 1. The molecule has 1 N–H and O–H groups in total. The molecule has 1 aliphatic rings. The lowest BCUT2D eigenvalue weighted by Crippen LogP contribution is -2.37. The number of halogens is 1. The molecule has 0 radical (unpaired) electrons. The van der Waals surface area contributed by atoms with Gasteiger partial charge in [-0.15, -0.1) is 0 Å². The predicted octanol–water partition coefficient (Wildman–Crippen LogP) is 2.26. The lowest BCUT2D eigenvalue weighted by molar-refractivity contribution is -0.115. The molecule has 0 saturated carbocycles. The summed E-state index contributed by atoms with van der Waals surface area (Å²) in [5, 5.41) is 1.92. The molecule has 0 aromatic heterocycles. The number of nitrogens with one attached hydrogen (secondary N) is 1. The molecule has 5 nitrogen and oxygen atoms in total. The summed E-state index contributed by atoms with van der Waals surface area (Å²) in [5.41, 5.74) is 0.478. The number of carbonyl (C=O) groups is 1. The molecule has 1 heterocycles. The molecule has 0 unspecified atom stereocenters. The number of hydrogen-bond acceptors (Lipinski definition) is 4. The van der Waals surface area contributed by atoms with Crippen molar-refractivity contribution in [2.45, 2.75) is 31.1 Å². The predicted molar refractivity (Wildman–Crippen MR) is 82.3 cm³/mol. The molecule has 0 spiro atoms. The number of ether oxygens (including phenoxy) is 1. The summed E-state index contributed by atoms with van der Waals surface area (Å²) >= 11 is 5.83. The second-order valence-electron chi connectivity index (χ2n) is 5.11. The Kier molecular flexibility index (Phi) is 5.24. The van der Waals surface area contributed by atoms with Crippen LogP contribution in [0.1, 0.15) is 19.8 Å². The minimum atomic E-state index is -3.54. The third-order valence-corrected chi connectivity index (χ3v) is 5.81. The van der Waals surface area contributed by atoms with E-state index >= 15 is 0 Å². The smallest absolute Gasteiger partial charge is 0.242 e. The molecule has 1 amide bonds. The van der Waals surface area contributed by atoms with Crippen molar-refractivity contribution in [2.24, 2.45) is 0 Å². The van der Waals surface area contributed by atoms with Crippen molar-refractivity contribution in [3.8, 4) is 0 Å². The Morgan fingerprint density at radius 1 is 1.52 bits per heavy atom. The van der Waals surface area contributed by atoms with Crippen LogP contribution in [0.5, 0.6) is 0 Å². The summed E-state index contributed by atoms with van der Waals surface area (Å²) in [6.45, 7) is 1.98. The zero-order valence-electron chi connectivity index (χ0n) is 11.7. The summed E-state index contributed by atoms with van der Waals surface area (Å²) in [7, 11) is -3.54. The summed E-state index contributed by atoms with van der Waals surface area (Å²) < 4.78 is 29.8. The molecule has 1 aliphatic heterocycles. The van der Waals surface area contributed by atoms with Crippen LogP contribution in [-0.2, 0) is 19.4 Å². The summed E-state index contributed by atoms with van der Waals surface area (Å²) in [4.78, 5) is 12.1. The topological polar surface area (TPSA) is 72.5 Å². The van der Waals surface area contributed by atoms with Gasteiger partial charge in [-0.1, -0.05) is 17.7 Å². The van der Waals surface area contributed by atoms with Crippen molar-refractivity contribution in [2.75, 3.05) is 17.7 Å². The van der Waals surface area contributed by atoms with Gasteiger partial charge in [-0.05, 0) is 38.0 Å². The van der Waals surface area contributed by atoms with Gasteiger partial charge in [-0.3, -0.25) is 4.79 Å². The Morgan fingerprint density at radius 3 is 2.90 bits per heavy atom. The summed E-state index contributed by atoms with van der Waals surface area (Å²) in [6.07, 6.45) is 1.29. The maximum Gasteiger partial charge on any atom is 0.242 e. The van der Waals surface area contributed by atoms with Crippen molar-refractivity contribution in [1.29, 1.82) is 0 Å². The zero-order chi connectivity index (χ0) is 15.5. The molecule has 1 fully saturated rings. The van der Waals surface area contributed by atoms with Crippen molar-refractivity contribution in [3.05, 3.63) is 29.3 Å². The van der Waals surface area contributed by atoms with Crippen LogP contribution in [0.2, 0.25) is 5.02 Å². The van der Waals surface area contributed by atoms with Gasteiger partial charge in [0.05, 0.1) is 11.9 Å². The van der Waals surface area contributed by atoms with E-state index in [1.165, 1.54) is 6.92 Å². The Labute approximate surface area is 129 Å². The van der Waals surface area contributed by atoms with E-state index in [-0.39, 0.29) is 11.9 Å². The largest absolute Gasteiger partial charge is 0.377 e. The average Bonchev–Trinajstić information content (AvgIpc) is 2.89. The summed E-state index contributed by atoms with van der Waals surface area (Å²) in [6, 6.07) is 6.58. The Morgan fingerprint density at radius 2 is 2.29 bits per heavy atom. The van der Waals surface area contributed by atoms with Crippen LogP contribution in [-0.4, -0.2) is 38.0 Å². The molecule has 21 heavy (non-hydrogen) atoms. The highest BCUT2D eigenvalue weighted by Crippen LogP contribution is 2.18. The van der Waals surface area contributed by atoms with Gasteiger partial charge in [-0.25, -0.2) is 8.42 Å². The number of sulfone groups is 1. The number of rotatable bonds is 5. The minimum absolute atomic E-state index is 0.114. The highest BCUT2D eigenvalue weighted by Gasteiger charge is 2.32. The first-order valence-corrected chi connectivity index (χ1v) is 8.87. The van der Waals surface area contributed by atoms with Crippen molar-refractivity contribution in [1.82, 2.24) is 0 Å². The van der Waals surface area contributed by atoms with E-state index < -0.39 is 21.0 Å². The third kappa shape index (κ3) is 4.43. The van der Waals surface area contributed by atoms with Gasteiger partial charge >= 0.3 is 0 Å². The second kappa shape index (κ2) is 6.77. The lowest BCUT2D eigenvalue weighted by Gasteiger charge is -2.16. The van der Waals surface area contributed by atoms with Crippen LogP contribution in [0, 0.1) is 0 Å². The van der Waals surface area contributed by atoms with E-state index in [0.717, 1.165) is 12.8 Å². The Balaban J connectivity index is 2.00. The van der Waals surface area contributed by atoms with E-state index in [0.29, 0.717) is 17.3 Å². The van der Waals surface area contributed by atoms with E-state index in [1.54, 1.807) is 24.3 Å². The maximum absolute atomic E-state index is 12.2. The third-order valence-electron chi connectivity index (χ3n) is 3.44. The van der Waals surface area contributed by atoms with Gasteiger partial charge in [0, 0.05) is 17.3 Å². The average molecular weight is 332 g/mol. The molecule has 1 aromatic rings. The van der Waals surface area contributed by atoms with Gasteiger partial charge in [0.1, 0.15) is 5.25 Å². The van der Waals surface area contributed by atoms with Gasteiger partial charge in [0.25, 0.3) is 0 Å². The van der Waals surface area contributed by atoms with Crippen LogP contribution >= 0.6 is 11.6 Å². The number of carbonyl (C=O) groups excluding carboxylic acids is 1. The number of benzene rings is 1. The monoisotopic (exact) mass is 331 g/mol. The fraction of sp³-hybridized carbons (Fsp3) is 0.500. The first kappa shape index (κ1) is 16.3. The fourth-order valence-electron chi connectivity index (χ4n) is 2.15. The highest BCUT2D eigenvalue weighted by molar-refractivity contribution is 7.92. The Bertz CT molecular complexity index is 611. The standard InChI is InChI=1S/C14H18ClNO4S/c1-10(21(18,19)9-13-6-3-7-20-13)14(17)16-12-5-2-4-11(15)8-12/h2,4-5,8,10,13H,3,6-7,9H2,1H3,(H,16,17)/t10-,13+/m1/s1. The van der Waals surface area contributed by atoms with Gasteiger partial charge < -0.3 is 10.1 Å². The number of hydrogen-bond donors (Lipinski definition) is 1. The van der Waals surface area contributed by atoms with Crippen molar-refractivity contribution >= 4 is 33.0 Å². The molecule has 2 rings (SSSR count). The van der Waals surface area contributed by atoms with Crippen LogP contribution < -0.4 is 5.32 Å². The molecule has 7 heteroatoms. The van der Waals surface area contributed by atoms with E-state index in [2.05, 4.69) is 5.32 Å². The van der Waals surface area contributed by atoms with Crippen LogP contribution in [0.15, 0.2) is 24.3 Å². The van der Waals surface area contributed by atoms with E-state index in [4.69, 9.17) is 16.3 Å². The molecular formula is C14H18ClNO4S. The molecular weight excluding hydrogens is 314 g/mol. The normalized spacial score (nSPS) is 20.2.